The molecule has 0 aromatic carbocycles. The Bertz CT molecular complexity index is 356. The van der Waals surface area contributed by atoms with Crippen molar-refractivity contribution in [3.8, 4) is 0 Å². The van der Waals surface area contributed by atoms with Gasteiger partial charge in [0.15, 0.2) is 5.82 Å². The van der Waals surface area contributed by atoms with Crippen molar-refractivity contribution in [3.05, 3.63) is 11.7 Å². The maximum absolute atomic E-state index is 9.40. The molecule has 2 N–H and O–H groups in total. The zero-order valence-corrected chi connectivity index (χ0v) is 10.0. The average molecular weight is 225 g/mol. The van der Waals surface area contributed by atoms with E-state index in [9.17, 15) is 5.11 Å². The van der Waals surface area contributed by atoms with Crippen molar-refractivity contribution in [3.63, 3.8) is 0 Å². The molecule has 0 radical (unpaired) electrons. The largest absolute Gasteiger partial charge is 0.392 e. The van der Waals surface area contributed by atoms with Gasteiger partial charge >= 0.3 is 0 Å². The van der Waals surface area contributed by atoms with Gasteiger partial charge in [-0.15, -0.1) is 0 Å². The van der Waals surface area contributed by atoms with Crippen LogP contribution in [0.1, 0.15) is 44.9 Å². The third-order valence-corrected chi connectivity index (χ3v) is 2.58. The van der Waals surface area contributed by atoms with Crippen LogP contribution in [0.25, 0.3) is 0 Å². The van der Waals surface area contributed by atoms with Crippen LogP contribution in [-0.4, -0.2) is 27.9 Å². The Morgan fingerprint density at radius 2 is 2.25 bits per heavy atom. The molecular weight excluding hydrogens is 206 g/mol. The van der Waals surface area contributed by atoms with Gasteiger partial charge in [0.1, 0.15) is 0 Å². The molecule has 5 heteroatoms. The molecule has 1 aliphatic heterocycles. The van der Waals surface area contributed by atoms with Gasteiger partial charge in [-0.2, -0.15) is 4.98 Å². The summed E-state index contributed by atoms with van der Waals surface area (Å²) in [4.78, 5) is 4.36. The second kappa shape index (κ2) is 4.14. The van der Waals surface area contributed by atoms with Crippen LogP contribution in [0.2, 0.25) is 0 Å². The molecule has 0 aliphatic carbocycles. The first-order valence-electron chi connectivity index (χ1n) is 5.68. The van der Waals surface area contributed by atoms with Crippen LogP contribution in [0.5, 0.6) is 0 Å². The number of β-amino-alcohol motifs (C(OH)–C–C–N with tert-alkyl or cyclic N) is 1. The molecule has 2 heterocycles. The number of aliphatic hydroxyl groups is 1. The number of nitrogens with zero attached hydrogens (tertiary/aromatic N) is 2. The minimum atomic E-state index is -0.303. The van der Waals surface area contributed by atoms with Crippen LogP contribution in [0.15, 0.2) is 4.52 Å². The zero-order valence-electron chi connectivity index (χ0n) is 10.0. The number of hydrogen-bond acceptors (Lipinski definition) is 5. The molecule has 1 aromatic heterocycles. The third-order valence-electron chi connectivity index (χ3n) is 2.58. The van der Waals surface area contributed by atoms with Gasteiger partial charge in [-0.1, -0.05) is 25.9 Å². The van der Waals surface area contributed by atoms with E-state index in [-0.39, 0.29) is 17.6 Å². The summed E-state index contributed by atoms with van der Waals surface area (Å²) in [5, 5.41) is 16.5. The van der Waals surface area contributed by atoms with Crippen molar-refractivity contribution in [1.29, 1.82) is 0 Å². The summed E-state index contributed by atoms with van der Waals surface area (Å²) in [6, 6.07) is 0.0104. The molecule has 5 nitrogen and oxygen atoms in total. The fourth-order valence-electron chi connectivity index (χ4n) is 1.86. The van der Waals surface area contributed by atoms with Crippen LogP contribution >= 0.6 is 0 Å². The van der Waals surface area contributed by atoms with Crippen molar-refractivity contribution in [2.45, 2.75) is 45.8 Å². The van der Waals surface area contributed by atoms with E-state index in [1.54, 1.807) is 0 Å². The van der Waals surface area contributed by atoms with Gasteiger partial charge in [0.05, 0.1) is 12.1 Å². The Kier molecular flexibility index (Phi) is 2.99. The lowest BCUT2D eigenvalue weighted by atomic mass is 9.92. The number of rotatable bonds is 2. The first-order chi connectivity index (χ1) is 7.44. The fourth-order valence-corrected chi connectivity index (χ4v) is 1.86. The predicted molar refractivity (Wildman–Crippen MR) is 58.8 cm³/mol. The van der Waals surface area contributed by atoms with E-state index in [1.165, 1.54) is 0 Å². The van der Waals surface area contributed by atoms with Crippen LogP contribution in [0.4, 0.5) is 0 Å². The van der Waals surface area contributed by atoms with Gasteiger partial charge in [-0.25, -0.2) is 0 Å². The topological polar surface area (TPSA) is 71.2 Å². The van der Waals surface area contributed by atoms with Gasteiger partial charge in [0, 0.05) is 13.0 Å². The van der Waals surface area contributed by atoms with E-state index in [2.05, 4.69) is 36.2 Å². The first-order valence-corrected chi connectivity index (χ1v) is 5.68. The molecule has 1 aromatic rings. The van der Waals surface area contributed by atoms with Crippen molar-refractivity contribution in [2.24, 2.45) is 5.41 Å². The number of nitrogens with one attached hydrogen (secondary N) is 1. The summed E-state index contributed by atoms with van der Waals surface area (Å²) in [5.41, 5.74) is 0.157. The highest BCUT2D eigenvalue weighted by atomic mass is 16.5. The van der Waals surface area contributed by atoms with Crippen LogP contribution in [0, 0.1) is 5.41 Å². The summed E-state index contributed by atoms with van der Waals surface area (Å²) < 4.78 is 5.21. The average Bonchev–Trinajstić information content (AvgIpc) is 2.71. The molecule has 0 spiro atoms. The monoisotopic (exact) mass is 225 g/mol. The maximum Gasteiger partial charge on any atom is 0.243 e. The highest BCUT2D eigenvalue weighted by molar-refractivity contribution is 4.98. The number of aliphatic hydroxyl groups excluding tert-OH is 1. The Balaban J connectivity index is 2.02. The van der Waals surface area contributed by atoms with Crippen molar-refractivity contribution < 1.29 is 9.63 Å². The van der Waals surface area contributed by atoms with Crippen LogP contribution in [0.3, 0.4) is 0 Å². The van der Waals surface area contributed by atoms with Crippen molar-refractivity contribution in [1.82, 2.24) is 15.5 Å². The molecule has 2 rings (SSSR count). The molecular formula is C11H19N3O2. The summed E-state index contributed by atoms with van der Waals surface area (Å²) in [5.74, 6) is 1.33. The molecule has 1 aliphatic rings. The fraction of sp³-hybridized carbons (Fsp3) is 0.818. The second-order valence-electron chi connectivity index (χ2n) is 5.64. The second-order valence-corrected chi connectivity index (χ2v) is 5.64. The van der Waals surface area contributed by atoms with E-state index in [0.717, 1.165) is 12.2 Å². The number of aromatic nitrogens is 2. The van der Waals surface area contributed by atoms with Crippen LogP contribution in [-0.2, 0) is 6.42 Å². The highest BCUT2D eigenvalue weighted by Gasteiger charge is 2.28. The Labute approximate surface area is 95.2 Å². The molecule has 16 heavy (non-hydrogen) atoms. The molecule has 1 fully saturated rings. The Hall–Kier alpha value is -0.940. The zero-order chi connectivity index (χ0) is 11.8. The summed E-state index contributed by atoms with van der Waals surface area (Å²) >= 11 is 0. The maximum atomic E-state index is 9.40. The normalized spacial score (nSPS) is 26.2. The lowest BCUT2D eigenvalue weighted by Gasteiger charge is -2.14. The highest BCUT2D eigenvalue weighted by Crippen LogP contribution is 2.24. The summed E-state index contributed by atoms with van der Waals surface area (Å²) in [7, 11) is 0. The quantitative estimate of drug-likeness (QED) is 0.787. The van der Waals surface area contributed by atoms with Gasteiger partial charge in [0.2, 0.25) is 5.89 Å². The third kappa shape index (κ3) is 2.80. The van der Waals surface area contributed by atoms with E-state index < -0.39 is 0 Å². The van der Waals surface area contributed by atoms with Crippen molar-refractivity contribution >= 4 is 0 Å². The summed E-state index contributed by atoms with van der Waals surface area (Å²) in [6.07, 6.45) is 1.14. The smallest absolute Gasteiger partial charge is 0.243 e. The molecule has 0 saturated carbocycles. The Morgan fingerprint density at radius 1 is 1.50 bits per heavy atom. The molecule has 1 saturated heterocycles. The van der Waals surface area contributed by atoms with E-state index in [4.69, 9.17) is 4.52 Å². The number of hydrogen-bond donors (Lipinski definition) is 2. The minimum Gasteiger partial charge on any atom is -0.392 e. The van der Waals surface area contributed by atoms with Crippen LogP contribution < -0.4 is 5.32 Å². The molecule has 0 amide bonds. The van der Waals surface area contributed by atoms with Gasteiger partial charge in [0.25, 0.3) is 0 Å². The van der Waals surface area contributed by atoms with E-state index in [0.29, 0.717) is 18.9 Å². The molecule has 0 bridgehead atoms. The molecule has 90 valence electrons. The molecule has 0 unspecified atom stereocenters. The Morgan fingerprint density at radius 3 is 2.81 bits per heavy atom. The summed E-state index contributed by atoms with van der Waals surface area (Å²) in [6.45, 7) is 7.02. The lowest BCUT2D eigenvalue weighted by molar-refractivity contribution is 0.191. The minimum absolute atomic E-state index is 0.0104. The van der Waals surface area contributed by atoms with Gasteiger partial charge in [-0.05, 0) is 11.8 Å². The van der Waals surface area contributed by atoms with E-state index >= 15 is 0 Å². The first kappa shape index (κ1) is 11.5. The van der Waals surface area contributed by atoms with Gasteiger partial charge < -0.3 is 14.9 Å². The van der Waals surface area contributed by atoms with Crippen molar-refractivity contribution in [2.75, 3.05) is 6.54 Å². The molecule has 2 atom stereocenters. The van der Waals surface area contributed by atoms with Gasteiger partial charge in [-0.3, -0.25) is 0 Å². The lowest BCUT2D eigenvalue weighted by Crippen LogP contribution is -2.15. The predicted octanol–water partition coefficient (Wildman–Crippen LogP) is 1.05. The van der Waals surface area contributed by atoms with E-state index in [1.807, 2.05) is 0 Å². The SMILES string of the molecule is CC(C)(C)Cc1noc([C@H]2C[C@H](O)CN2)n1. The standard InChI is InChI=1S/C11H19N3O2/c1-11(2,3)5-9-13-10(16-14-9)8-4-7(15)6-12-8/h7-8,12,15H,4-6H2,1-3H3/t7-,8+/m0/s1.